The van der Waals surface area contributed by atoms with Crippen molar-refractivity contribution in [3.05, 3.63) is 59.7 Å². The summed E-state index contributed by atoms with van der Waals surface area (Å²) < 4.78 is 32.1. The van der Waals surface area contributed by atoms with Gasteiger partial charge in [0, 0.05) is 26.1 Å². The number of carbonyl (C=O) groups is 2. The van der Waals surface area contributed by atoms with Crippen LogP contribution in [0.2, 0.25) is 0 Å². The number of hydrogen-bond donors (Lipinski definition) is 1. The summed E-state index contributed by atoms with van der Waals surface area (Å²) in [6, 6.07) is 14.1. The first kappa shape index (κ1) is 29.2. The van der Waals surface area contributed by atoms with Crippen molar-refractivity contribution in [2.75, 3.05) is 30.3 Å². The number of carbonyl (C=O) groups excluding carboxylic acids is 2. The average molecular weight is 518 g/mol. The third-order valence-electron chi connectivity index (χ3n) is 5.92. The molecule has 0 saturated heterocycles. The summed E-state index contributed by atoms with van der Waals surface area (Å²) in [5.74, 6) is 0.0912. The third kappa shape index (κ3) is 7.98. The molecule has 1 atom stereocenters. The van der Waals surface area contributed by atoms with Crippen molar-refractivity contribution < 1.29 is 22.7 Å². The Morgan fingerprint density at radius 2 is 1.69 bits per heavy atom. The predicted molar refractivity (Wildman–Crippen MR) is 144 cm³/mol. The Hall–Kier alpha value is -3.07. The Bertz CT molecular complexity index is 1120. The lowest BCUT2D eigenvalue weighted by molar-refractivity contribution is -0.141. The minimum atomic E-state index is -3.61. The van der Waals surface area contributed by atoms with Gasteiger partial charge in [-0.1, -0.05) is 43.3 Å². The van der Waals surface area contributed by atoms with Gasteiger partial charge in [-0.3, -0.25) is 13.9 Å². The second-order valence-electron chi connectivity index (χ2n) is 8.61. The van der Waals surface area contributed by atoms with E-state index in [0.717, 1.165) is 17.4 Å². The zero-order chi connectivity index (χ0) is 26.7. The molecule has 0 aromatic heterocycles. The first-order chi connectivity index (χ1) is 17.1. The van der Waals surface area contributed by atoms with Crippen LogP contribution in [0.15, 0.2) is 48.5 Å². The number of likely N-dealkylation sites (N-methyl/N-ethyl adjacent to an activating group) is 1. The van der Waals surface area contributed by atoms with E-state index >= 15 is 0 Å². The minimum absolute atomic E-state index is 0.102. The smallest absolute Gasteiger partial charge is 0.242 e. The van der Waals surface area contributed by atoms with Crippen molar-refractivity contribution >= 4 is 27.5 Å². The molecule has 36 heavy (non-hydrogen) atoms. The van der Waals surface area contributed by atoms with Gasteiger partial charge in [0.25, 0.3) is 0 Å². The highest BCUT2D eigenvalue weighted by molar-refractivity contribution is 7.92. The molecule has 2 aromatic rings. The van der Waals surface area contributed by atoms with Crippen LogP contribution in [0.3, 0.4) is 0 Å². The summed E-state index contributed by atoms with van der Waals surface area (Å²) in [4.78, 5) is 27.9. The van der Waals surface area contributed by atoms with E-state index in [1.807, 2.05) is 52.0 Å². The van der Waals surface area contributed by atoms with E-state index in [1.54, 1.807) is 29.2 Å². The molecule has 2 amide bonds. The number of benzene rings is 2. The monoisotopic (exact) mass is 517 g/mol. The molecular weight excluding hydrogens is 478 g/mol. The molecule has 0 radical (unpaired) electrons. The largest absolute Gasteiger partial charge is 0.492 e. The standard InChI is InChI=1S/C27H39N3O5S/c1-6-23(27(32)28-7-2)29(20-22-15-10-9-14-21(22)4)26(31)18-13-19-30(36(5,33)34)24-16-11-12-17-25(24)35-8-3/h9-12,14-17,23H,6-8,13,18-20H2,1-5H3,(H,28,32). The number of rotatable bonds is 14. The molecule has 0 aliphatic heterocycles. The van der Waals surface area contributed by atoms with Crippen LogP contribution in [0.4, 0.5) is 5.69 Å². The molecule has 0 bridgehead atoms. The molecule has 198 valence electrons. The summed E-state index contributed by atoms with van der Waals surface area (Å²) in [7, 11) is -3.61. The van der Waals surface area contributed by atoms with Gasteiger partial charge in [-0.25, -0.2) is 8.42 Å². The second kappa shape index (κ2) is 13.9. The van der Waals surface area contributed by atoms with Gasteiger partial charge in [-0.2, -0.15) is 0 Å². The molecule has 0 spiro atoms. The number of ether oxygens (including phenoxy) is 1. The van der Waals surface area contributed by atoms with Gasteiger partial charge in [-0.05, 0) is 56.9 Å². The lowest BCUT2D eigenvalue weighted by atomic mass is 10.1. The summed E-state index contributed by atoms with van der Waals surface area (Å²) in [6.45, 7) is 8.84. The maximum absolute atomic E-state index is 13.5. The molecule has 0 aliphatic carbocycles. The normalized spacial score (nSPS) is 12.0. The fourth-order valence-corrected chi connectivity index (χ4v) is 5.07. The van der Waals surface area contributed by atoms with Crippen LogP contribution in [0, 0.1) is 6.92 Å². The Balaban J connectivity index is 2.25. The van der Waals surface area contributed by atoms with E-state index in [4.69, 9.17) is 4.74 Å². The van der Waals surface area contributed by atoms with Crippen LogP contribution in [-0.2, 0) is 26.2 Å². The Morgan fingerprint density at radius 1 is 1.03 bits per heavy atom. The van der Waals surface area contributed by atoms with Crippen molar-refractivity contribution in [1.29, 1.82) is 0 Å². The SMILES string of the molecule is CCNC(=O)C(CC)N(Cc1ccccc1C)C(=O)CCCN(c1ccccc1OCC)S(C)(=O)=O. The van der Waals surface area contributed by atoms with Gasteiger partial charge in [-0.15, -0.1) is 0 Å². The van der Waals surface area contributed by atoms with Crippen LogP contribution >= 0.6 is 0 Å². The highest BCUT2D eigenvalue weighted by Gasteiger charge is 2.29. The molecule has 2 aromatic carbocycles. The summed E-state index contributed by atoms with van der Waals surface area (Å²) in [5, 5.41) is 2.83. The van der Waals surface area contributed by atoms with Gasteiger partial charge in [0.1, 0.15) is 11.8 Å². The Kier molecular flexibility index (Phi) is 11.2. The van der Waals surface area contributed by atoms with Crippen LogP contribution < -0.4 is 14.4 Å². The Morgan fingerprint density at radius 3 is 2.31 bits per heavy atom. The maximum atomic E-state index is 13.5. The number of amides is 2. The number of sulfonamides is 1. The zero-order valence-electron chi connectivity index (χ0n) is 22.0. The minimum Gasteiger partial charge on any atom is -0.492 e. The van der Waals surface area contributed by atoms with Crippen LogP contribution in [-0.4, -0.2) is 57.1 Å². The van der Waals surface area contributed by atoms with E-state index in [-0.39, 0.29) is 24.8 Å². The van der Waals surface area contributed by atoms with E-state index in [1.165, 1.54) is 4.31 Å². The fourth-order valence-electron chi connectivity index (χ4n) is 4.11. The molecule has 2 rings (SSSR count). The van der Waals surface area contributed by atoms with E-state index in [0.29, 0.717) is 44.0 Å². The molecule has 0 fully saturated rings. The predicted octanol–water partition coefficient (Wildman–Crippen LogP) is 3.88. The van der Waals surface area contributed by atoms with Gasteiger partial charge in [0.15, 0.2) is 0 Å². The van der Waals surface area contributed by atoms with Gasteiger partial charge in [0.05, 0.1) is 18.6 Å². The quantitative estimate of drug-likeness (QED) is 0.410. The molecule has 0 saturated carbocycles. The Labute approximate surface area is 215 Å². The molecule has 0 aliphatic rings. The fraction of sp³-hybridized carbons (Fsp3) is 0.481. The lowest BCUT2D eigenvalue weighted by Gasteiger charge is -2.31. The van der Waals surface area contributed by atoms with Crippen LogP contribution in [0.25, 0.3) is 0 Å². The van der Waals surface area contributed by atoms with E-state index in [9.17, 15) is 18.0 Å². The summed E-state index contributed by atoms with van der Waals surface area (Å²) in [5.41, 5.74) is 2.45. The highest BCUT2D eigenvalue weighted by atomic mass is 32.2. The van der Waals surface area contributed by atoms with Gasteiger partial charge in [0.2, 0.25) is 21.8 Å². The van der Waals surface area contributed by atoms with Gasteiger partial charge < -0.3 is 15.0 Å². The number of nitrogens with one attached hydrogen (secondary N) is 1. The number of nitrogens with zero attached hydrogens (tertiary/aromatic N) is 2. The molecule has 9 heteroatoms. The maximum Gasteiger partial charge on any atom is 0.242 e. The molecular formula is C27H39N3O5S. The number of hydrogen-bond acceptors (Lipinski definition) is 5. The van der Waals surface area contributed by atoms with Gasteiger partial charge >= 0.3 is 0 Å². The number of aryl methyl sites for hydroxylation is 1. The molecule has 1 unspecified atom stereocenters. The summed E-state index contributed by atoms with van der Waals surface area (Å²) in [6.07, 6.45) is 2.01. The van der Waals surface area contributed by atoms with Crippen molar-refractivity contribution in [3.63, 3.8) is 0 Å². The topological polar surface area (TPSA) is 96.0 Å². The molecule has 0 heterocycles. The third-order valence-corrected chi connectivity index (χ3v) is 7.10. The van der Waals surface area contributed by atoms with Crippen molar-refractivity contribution in [3.8, 4) is 5.75 Å². The highest BCUT2D eigenvalue weighted by Crippen LogP contribution is 2.30. The first-order valence-electron chi connectivity index (χ1n) is 12.4. The molecule has 8 nitrogen and oxygen atoms in total. The van der Waals surface area contributed by atoms with Crippen molar-refractivity contribution in [1.82, 2.24) is 10.2 Å². The molecule has 1 N–H and O–H groups in total. The van der Waals surface area contributed by atoms with E-state index in [2.05, 4.69) is 5.32 Å². The summed E-state index contributed by atoms with van der Waals surface area (Å²) >= 11 is 0. The number of anilines is 1. The van der Waals surface area contributed by atoms with E-state index < -0.39 is 16.1 Å². The van der Waals surface area contributed by atoms with Crippen LogP contribution in [0.1, 0.15) is 51.2 Å². The second-order valence-corrected chi connectivity index (χ2v) is 10.5. The zero-order valence-corrected chi connectivity index (χ0v) is 22.8. The lowest BCUT2D eigenvalue weighted by Crippen LogP contribution is -2.49. The van der Waals surface area contributed by atoms with Crippen molar-refractivity contribution in [2.24, 2.45) is 0 Å². The van der Waals surface area contributed by atoms with Crippen LogP contribution in [0.5, 0.6) is 5.75 Å². The number of para-hydroxylation sites is 2. The average Bonchev–Trinajstić information content (AvgIpc) is 2.83. The first-order valence-corrected chi connectivity index (χ1v) is 14.3. The van der Waals surface area contributed by atoms with Crippen molar-refractivity contribution in [2.45, 2.75) is 59.5 Å².